The van der Waals surface area contributed by atoms with Crippen LogP contribution in [0.2, 0.25) is 0 Å². The summed E-state index contributed by atoms with van der Waals surface area (Å²) in [6, 6.07) is 16.5. The number of unbranched alkanes of at least 4 members (excludes halogenated alkanes) is 1. The summed E-state index contributed by atoms with van der Waals surface area (Å²) in [7, 11) is 0. The highest BCUT2D eigenvalue weighted by molar-refractivity contribution is 6.38. The number of amides is 5. The fraction of sp³-hybridized carbons (Fsp3) is 0.578. The first-order valence-electron chi connectivity index (χ1n) is 21.2. The van der Waals surface area contributed by atoms with Crippen LogP contribution in [0.15, 0.2) is 60.7 Å². The molecule has 13 heteroatoms. The van der Waals surface area contributed by atoms with Crippen LogP contribution in [0.4, 0.5) is 0 Å². The number of carbonyl (C=O) groups is 7. The summed E-state index contributed by atoms with van der Waals surface area (Å²) in [5.41, 5.74) is 7.48. The van der Waals surface area contributed by atoms with Crippen molar-refractivity contribution in [2.24, 2.45) is 23.5 Å². The number of likely N-dealkylation sites (tertiary alicyclic amines) is 1. The molecule has 2 aliphatic carbocycles. The summed E-state index contributed by atoms with van der Waals surface area (Å²) in [5, 5.41) is 7.56. The molecule has 0 bridgehead atoms. The molecule has 2 saturated carbocycles. The molecule has 0 radical (unpaired) electrons. The lowest BCUT2D eigenvalue weighted by Gasteiger charge is -2.34. The van der Waals surface area contributed by atoms with E-state index in [1.165, 1.54) is 0 Å². The zero-order chi connectivity index (χ0) is 41.6. The predicted molar refractivity (Wildman–Crippen MR) is 218 cm³/mol. The molecule has 0 aromatic heterocycles. The van der Waals surface area contributed by atoms with Crippen molar-refractivity contribution >= 4 is 41.1 Å². The highest BCUT2D eigenvalue weighted by Gasteiger charge is 2.48. The summed E-state index contributed by atoms with van der Waals surface area (Å²) in [5.74, 6) is -4.70. The molecule has 7 atom stereocenters. The minimum atomic E-state index is -1.22. The summed E-state index contributed by atoms with van der Waals surface area (Å²) < 4.78 is 6.29. The Morgan fingerprint density at radius 1 is 0.828 bits per heavy atom. The Bertz CT molecular complexity index is 1730. The van der Waals surface area contributed by atoms with Crippen molar-refractivity contribution in [3.63, 3.8) is 0 Å². The molecule has 5 unspecified atom stereocenters. The molecule has 3 fully saturated rings. The largest absolute Gasteiger partial charge is 0.372 e. The van der Waals surface area contributed by atoms with Crippen LogP contribution >= 0.6 is 0 Å². The number of nitrogens with zero attached hydrogens (tertiary/aromatic N) is 1. The van der Waals surface area contributed by atoms with Crippen molar-refractivity contribution in [1.29, 1.82) is 0 Å². The number of carbonyl (C=O) groups excluding carboxylic acids is 7. The van der Waals surface area contributed by atoms with Crippen molar-refractivity contribution in [3.05, 3.63) is 71.8 Å². The molecule has 5 N–H and O–H groups in total. The van der Waals surface area contributed by atoms with Crippen molar-refractivity contribution < 1.29 is 38.3 Å². The lowest BCUT2D eigenvalue weighted by Crippen LogP contribution is -2.55. The molecule has 5 rings (SSSR count). The second-order valence-corrected chi connectivity index (χ2v) is 16.3. The van der Waals surface area contributed by atoms with Crippen LogP contribution < -0.4 is 21.7 Å². The van der Waals surface area contributed by atoms with Gasteiger partial charge in [-0.1, -0.05) is 113 Å². The summed E-state index contributed by atoms with van der Waals surface area (Å²) >= 11 is 0. The van der Waals surface area contributed by atoms with Gasteiger partial charge in [0.25, 0.3) is 5.91 Å². The van der Waals surface area contributed by atoms with Crippen LogP contribution in [-0.2, 0) is 44.9 Å². The second kappa shape index (κ2) is 21.7. The van der Waals surface area contributed by atoms with Gasteiger partial charge in [-0.2, -0.15) is 0 Å². The third-order valence-electron chi connectivity index (χ3n) is 11.9. The van der Waals surface area contributed by atoms with Crippen LogP contribution in [0.3, 0.4) is 0 Å². The Balaban J connectivity index is 1.29. The Hall–Kier alpha value is -4.91. The Morgan fingerprint density at radius 3 is 2.17 bits per heavy atom. The highest BCUT2D eigenvalue weighted by atomic mass is 16.5. The molecule has 2 aromatic rings. The molecule has 3 aliphatic rings. The van der Waals surface area contributed by atoms with Gasteiger partial charge in [-0.05, 0) is 55.1 Å². The summed E-state index contributed by atoms with van der Waals surface area (Å²) in [6.45, 7) is 3.60. The van der Waals surface area contributed by atoms with Crippen LogP contribution in [0, 0.1) is 17.8 Å². The van der Waals surface area contributed by atoms with Crippen LogP contribution in [0.1, 0.15) is 114 Å². The SMILES string of the molecule is CCCCC(NC(=O)CNC(=O)C(=O)C(CCC)NC(=O)[C@@H]1C[C@@H](OCc2ccccc2)CN1C(=O)C(CC(=O)C1CC1c1ccccc1)C1CCCCC1)C(N)=O. The number of rotatable bonds is 22. The lowest BCUT2D eigenvalue weighted by atomic mass is 9.76. The van der Waals surface area contributed by atoms with Gasteiger partial charge in [0.05, 0.1) is 25.3 Å². The van der Waals surface area contributed by atoms with Gasteiger partial charge in [0.2, 0.25) is 29.4 Å². The average molecular weight is 800 g/mol. The number of Topliss-reactive ketones (excluding diaryl/α,β-unsaturated/α-hetero) is 2. The molecule has 5 amide bonds. The Morgan fingerprint density at radius 2 is 1.52 bits per heavy atom. The van der Waals surface area contributed by atoms with E-state index >= 15 is 0 Å². The number of nitrogens with two attached hydrogens (primary N) is 1. The van der Waals surface area contributed by atoms with E-state index in [9.17, 15) is 33.6 Å². The van der Waals surface area contributed by atoms with Crippen molar-refractivity contribution in [3.8, 4) is 0 Å². The van der Waals surface area contributed by atoms with Crippen molar-refractivity contribution in [2.45, 2.75) is 134 Å². The van der Waals surface area contributed by atoms with Gasteiger partial charge >= 0.3 is 0 Å². The number of hydrogen-bond donors (Lipinski definition) is 4. The van der Waals surface area contributed by atoms with E-state index in [-0.39, 0.29) is 61.9 Å². The first kappa shape index (κ1) is 44.2. The number of hydrogen-bond acceptors (Lipinski definition) is 8. The van der Waals surface area contributed by atoms with E-state index in [0.29, 0.717) is 19.3 Å². The van der Waals surface area contributed by atoms with Crippen LogP contribution in [0.25, 0.3) is 0 Å². The van der Waals surface area contributed by atoms with Crippen molar-refractivity contribution in [1.82, 2.24) is 20.9 Å². The van der Waals surface area contributed by atoms with Crippen molar-refractivity contribution in [2.75, 3.05) is 13.1 Å². The normalized spacial score (nSPS) is 21.9. The van der Waals surface area contributed by atoms with Gasteiger partial charge in [-0.25, -0.2) is 0 Å². The van der Waals surface area contributed by atoms with E-state index in [0.717, 1.165) is 56.1 Å². The molecule has 1 aliphatic heterocycles. The third kappa shape index (κ3) is 12.3. The predicted octanol–water partition coefficient (Wildman–Crippen LogP) is 4.26. The lowest BCUT2D eigenvalue weighted by molar-refractivity contribution is -0.146. The van der Waals surface area contributed by atoms with Gasteiger partial charge in [0, 0.05) is 31.2 Å². The first-order chi connectivity index (χ1) is 28.0. The number of ketones is 2. The molecule has 58 heavy (non-hydrogen) atoms. The zero-order valence-electron chi connectivity index (χ0n) is 34.0. The zero-order valence-corrected chi connectivity index (χ0v) is 34.0. The molecule has 2 aromatic carbocycles. The average Bonchev–Trinajstić information content (AvgIpc) is 3.94. The van der Waals surface area contributed by atoms with Crippen LogP contribution in [0.5, 0.6) is 0 Å². The second-order valence-electron chi connectivity index (χ2n) is 16.3. The number of nitrogens with one attached hydrogen (secondary N) is 3. The maximum Gasteiger partial charge on any atom is 0.290 e. The van der Waals surface area contributed by atoms with E-state index in [4.69, 9.17) is 10.5 Å². The minimum Gasteiger partial charge on any atom is -0.372 e. The van der Waals surface area contributed by atoms with Gasteiger partial charge in [-0.15, -0.1) is 0 Å². The fourth-order valence-electron chi connectivity index (χ4n) is 8.56. The Kier molecular flexibility index (Phi) is 16.6. The van der Waals surface area contributed by atoms with E-state index in [1.54, 1.807) is 4.90 Å². The van der Waals surface area contributed by atoms with Crippen LogP contribution in [-0.4, -0.2) is 83.3 Å². The monoisotopic (exact) mass is 799 g/mol. The molecular formula is C45H61N5O8. The molecule has 1 saturated heterocycles. The molecule has 0 spiro atoms. The van der Waals surface area contributed by atoms with Gasteiger partial charge in [-0.3, -0.25) is 33.6 Å². The van der Waals surface area contributed by atoms with E-state index < -0.39 is 66.1 Å². The topological polar surface area (TPSA) is 194 Å². The van der Waals surface area contributed by atoms with E-state index in [2.05, 4.69) is 16.0 Å². The number of primary amides is 1. The van der Waals surface area contributed by atoms with Gasteiger partial charge < -0.3 is 31.3 Å². The maximum atomic E-state index is 14.8. The van der Waals surface area contributed by atoms with E-state index in [1.807, 2.05) is 74.5 Å². The molecule has 1 heterocycles. The molecule has 13 nitrogen and oxygen atoms in total. The molecular weight excluding hydrogens is 739 g/mol. The summed E-state index contributed by atoms with van der Waals surface area (Å²) in [6.07, 6.45) is 7.64. The highest BCUT2D eigenvalue weighted by Crippen LogP contribution is 2.49. The number of benzene rings is 2. The third-order valence-corrected chi connectivity index (χ3v) is 11.9. The van der Waals surface area contributed by atoms with Gasteiger partial charge in [0.1, 0.15) is 17.9 Å². The quantitative estimate of drug-likeness (QED) is 0.127. The van der Waals surface area contributed by atoms with Gasteiger partial charge in [0.15, 0.2) is 0 Å². The first-order valence-corrected chi connectivity index (χ1v) is 21.2. The minimum absolute atomic E-state index is 0.00679. The summed E-state index contributed by atoms with van der Waals surface area (Å²) in [4.78, 5) is 95.3. The fourth-order valence-corrected chi connectivity index (χ4v) is 8.56. The number of ether oxygens (including phenoxy) is 1. The smallest absolute Gasteiger partial charge is 0.290 e. The standard InChI is InChI=1S/C45H61N5O8/c1-3-5-22-37(42(46)54)48-40(52)26-47-44(56)41(53)36(15-4-2)49-43(55)38-23-32(58-28-29-16-9-6-10-17-29)27-50(38)45(57)34(31-20-13-8-14-21-31)25-39(51)35-24-33(35)30-18-11-7-12-19-30/h6-7,9-12,16-19,31-38H,3-5,8,13-15,20-28H2,1-2H3,(H2,46,54)(H,47,56)(H,48,52)(H,49,55)/t32-,33?,34?,35?,36?,37?,38+/m1/s1. The molecule has 314 valence electrons. The maximum absolute atomic E-state index is 14.8. The Labute approximate surface area is 342 Å².